The number of aromatic nitrogens is 2. The zero-order valence-corrected chi connectivity index (χ0v) is 19.3. The van der Waals surface area contributed by atoms with E-state index in [1.165, 1.54) is 32.1 Å². The summed E-state index contributed by atoms with van der Waals surface area (Å²) >= 11 is 0. The molecule has 0 bridgehead atoms. The third-order valence-electron chi connectivity index (χ3n) is 6.55. The van der Waals surface area contributed by atoms with Gasteiger partial charge in [-0.3, -0.25) is 4.79 Å². The molecule has 3 aromatic rings. The van der Waals surface area contributed by atoms with Crippen molar-refractivity contribution in [2.45, 2.75) is 58.0 Å². The monoisotopic (exact) mass is 435 g/mol. The Morgan fingerprint density at radius 3 is 2.59 bits per heavy atom. The molecule has 6 nitrogen and oxygen atoms in total. The van der Waals surface area contributed by atoms with Gasteiger partial charge in [-0.25, -0.2) is 4.98 Å². The summed E-state index contributed by atoms with van der Waals surface area (Å²) in [4.78, 5) is 17.9. The van der Waals surface area contributed by atoms with Crippen LogP contribution in [0.25, 0.3) is 11.0 Å². The molecule has 0 aliphatic heterocycles. The number of rotatable bonds is 8. The first kappa shape index (κ1) is 22.2. The van der Waals surface area contributed by atoms with E-state index in [0.717, 1.165) is 35.7 Å². The summed E-state index contributed by atoms with van der Waals surface area (Å²) in [5.74, 6) is 2.66. The molecule has 1 atom stereocenters. The summed E-state index contributed by atoms with van der Waals surface area (Å²) in [7, 11) is 3.15. The molecule has 32 heavy (non-hydrogen) atoms. The average molecular weight is 436 g/mol. The average Bonchev–Trinajstić information content (AvgIpc) is 3.21. The molecule has 1 amide bonds. The predicted molar refractivity (Wildman–Crippen MR) is 126 cm³/mol. The number of hydrogen-bond donors (Lipinski definition) is 1. The van der Waals surface area contributed by atoms with Gasteiger partial charge in [-0.05, 0) is 49.6 Å². The molecule has 1 aliphatic rings. The fourth-order valence-electron chi connectivity index (χ4n) is 4.77. The fourth-order valence-corrected chi connectivity index (χ4v) is 4.77. The zero-order chi connectivity index (χ0) is 22.5. The van der Waals surface area contributed by atoms with E-state index < -0.39 is 0 Å². The van der Waals surface area contributed by atoms with E-state index >= 15 is 0 Å². The molecule has 1 heterocycles. The number of carbonyl (C=O) groups excluding carboxylic acids is 1. The van der Waals surface area contributed by atoms with Crippen molar-refractivity contribution in [1.82, 2.24) is 14.9 Å². The Kier molecular flexibility index (Phi) is 6.98. The van der Waals surface area contributed by atoms with Gasteiger partial charge in [-0.2, -0.15) is 0 Å². The third-order valence-corrected chi connectivity index (χ3v) is 6.55. The predicted octanol–water partition coefficient (Wildman–Crippen LogP) is 5.51. The molecule has 0 spiro atoms. The molecule has 6 heteroatoms. The van der Waals surface area contributed by atoms with Crippen LogP contribution in [0.15, 0.2) is 42.5 Å². The van der Waals surface area contributed by atoms with Crippen molar-refractivity contribution < 1.29 is 14.3 Å². The fraction of sp³-hybridized carbons (Fsp3) is 0.462. The SMILES string of the molecule is COc1ccc(C(=O)NC(C)c2nc3ccccc3n2CCC2CCCCC2)cc1OC. The van der Waals surface area contributed by atoms with Crippen LogP contribution in [0.4, 0.5) is 0 Å². The van der Waals surface area contributed by atoms with Gasteiger partial charge in [0.25, 0.3) is 5.91 Å². The van der Waals surface area contributed by atoms with Crippen LogP contribution in [0.3, 0.4) is 0 Å². The first-order chi connectivity index (χ1) is 15.6. The molecule has 1 unspecified atom stereocenters. The first-order valence-electron chi connectivity index (χ1n) is 11.6. The largest absolute Gasteiger partial charge is 0.493 e. The van der Waals surface area contributed by atoms with Gasteiger partial charge in [-0.1, -0.05) is 44.2 Å². The van der Waals surface area contributed by atoms with Crippen LogP contribution in [-0.2, 0) is 6.54 Å². The normalized spacial score (nSPS) is 15.5. The first-order valence-corrected chi connectivity index (χ1v) is 11.6. The smallest absolute Gasteiger partial charge is 0.251 e. The summed E-state index contributed by atoms with van der Waals surface area (Å²) in [6.45, 7) is 2.92. The van der Waals surface area contributed by atoms with E-state index in [1.54, 1.807) is 32.4 Å². The van der Waals surface area contributed by atoms with Crippen molar-refractivity contribution in [2.24, 2.45) is 5.92 Å². The van der Waals surface area contributed by atoms with Gasteiger partial charge in [0, 0.05) is 12.1 Å². The third kappa shape index (κ3) is 4.74. The number of imidazole rings is 1. The highest BCUT2D eigenvalue weighted by Crippen LogP contribution is 2.30. The number of hydrogen-bond acceptors (Lipinski definition) is 4. The number of benzene rings is 2. The van der Waals surface area contributed by atoms with Crippen LogP contribution in [0.1, 0.15) is 67.7 Å². The topological polar surface area (TPSA) is 65.4 Å². The van der Waals surface area contributed by atoms with Crippen LogP contribution >= 0.6 is 0 Å². The second-order valence-electron chi connectivity index (χ2n) is 8.67. The van der Waals surface area contributed by atoms with Crippen molar-refractivity contribution >= 4 is 16.9 Å². The lowest BCUT2D eigenvalue weighted by molar-refractivity contribution is 0.0937. The highest BCUT2D eigenvalue weighted by Gasteiger charge is 2.21. The lowest BCUT2D eigenvalue weighted by atomic mass is 9.87. The minimum absolute atomic E-state index is 0.163. The van der Waals surface area contributed by atoms with Crippen molar-refractivity contribution in [3.05, 3.63) is 53.9 Å². The van der Waals surface area contributed by atoms with E-state index in [1.807, 2.05) is 19.1 Å². The Labute approximate surface area is 189 Å². The number of carbonyl (C=O) groups is 1. The van der Waals surface area contributed by atoms with Gasteiger partial charge in [0.2, 0.25) is 0 Å². The van der Waals surface area contributed by atoms with E-state index in [0.29, 0.717) is 17.1 Å². The number of amides is 1. The molecular weight excluding hydrogens is 402 g/mol. The lowest BCUT2D eigenvalue weighted by Crippen LogP contribution is -2.29. The van der Waals surface area contributed by atoms with E-state index in [9.17, 15) is 4.79 Å². The van der Waals surface area contributed by atoms with E-state index in [-0.39, 0.29) is 11.9 Å². The second kappa shape index (κ2) is 10.1. The van der Waals surface area contributed by atoms with Crippen LogP contribution in [0.5, 0.6) is 11.5 Å². The molecule has 4 rings (SSSR count). The number of nitrogens with zero attached hydrogens (tertiary/aromatic N) is 2. The van der Waals surface area contributed by atoms with Gasteiger partial charge in [0.1, 0.15) is 5.82 Å². The maximum atomic E-state index is 13.0. The molecule has 0 saturated heterocycles. The maximum absolute atomic E-state index is 13.0. The van der Waals surface area contributed by atoms with Crippen LogP contribution in [-0.4, -0.2) is 29.7 Å². The Morgan fingerprint density at radius 1 is 1.09 bits per heavy atom. The summed E-state index contributed by atoms with van der Waals surface area (Å²) in [6.07, 6.45) is 7.87. The second-order valence-corrected chi connectivity index (χ2v) is 8.67. The number of methoxy groups -OCH3 is 2. The van der Waals surface area contributed by atoms with Gasteiger partial charge in [-0.15, -0.1) is 0 Å². The van der Waals surface area contributed by atoms with Gasteiger partial charge < -0.3 is 19.4 Å². The molecular formula is C26H33N3O3. The highest BCUT2D eigenvalue weighted by molar-refractivity contribution is 5.95. The van der Waals surface area contributed by atoms with Crippen LogP contribution < -0.4 is 14.8 Å². The Balaban J connectivity index is 1.54. The van der Waals surface area contributed by atoms with Gasteiger partial charge in [0.05, 0.1) is 31.3 Å². The molecule has 1 aliphatic carbocycles. The van der Waals surface area contributed by atoms with E-state index in [2.05, 4.69) is 22.0 Å². The summed E-state index contributed by atoms with van der Waals surface area (Å²) < 4.78 is 12.9. The number of fused-ring (bicyclic) bond motifs is 1. The van der Waals surface area contributed by atoms with E-state index in [4.69, 9.17) is 14.5 Å². The molecule has 1 N–H and O–H groups in total. The summed E-state index contributed by atoms with van der Waals surface area (Å²) in [6, 6.07) is 13.2. The number of para-hydroxylation sites is 2. The molecule has 170 valence electrons. The standard InChI is InChI=1S/C26H33N3O3/c1-18(27-26(30)20-13-14-23(31-2)24(17-20)32-3)25-28-21-11-7-8-12-22(21)29(25)16-15-19-9-5-4-6-10-19/h7-8,11-14,17-19H,4-6,9-10,15-16H2,1-3H3,(H,27,30). The van der Waals surface area contributed by atoms with Crippen molar-refractivity contribution in [3.8, 4) is 11.5 Å². The number of nitrogens with one attached hydrogen (secondary N) is 1. The Hall–Kier alpha value is -3.02. The summed E-state index contributed by atoms with van der Waals surface area (Å²) in [5, 5.41) is 3.12. The van der Waals surface area contributed by atoms with Crippen LogP contribution in [0.2, 0.25) is 0 Å². The molecule has 1 aromatic heterocycles. The number of ether oxygens (including phenoxy) is 2. The van der Waals surface area contributed by atoms with Crippen molar-refractivity contribution in [2.75, 3.05) is 14.2 Å². The molecule has 1 fully saturated rings. The van der Waals surface area contributed by atoms with Gasteiger partial charge >= 0.3 is 0 Å². The molecule has 0 radical (unpaired) electrons. The number of aryl methyl sites for hydroxylation is 1. The van der Waals surface area contributed by atoms with Crippen LogP contribution in [0, 0.1) is 5.92 Å². The minimum Gasteiger partial charge on any atom is -0.493 e. The summed E-state index contributed by atoms with van der Waals surface area (Å²) in [5.41, 5.74) is 2.63. The van der Waals surface area contributed by atoms with Crippen molar-refractivity contribution in [3.63, 3.8) is 0 Å². The van der Waals surface area contributed by atoms with Gasteiger partial charge in [0.15, 0.2) is 11.5 Å². The molecule has 1 saturated carbocycles. The van der Waals surface area contributed by atoms with Crippen molar-refractivity contribution in [1.29, 1.82) is 0 Å². The Bertz CT molecular complexity index is 1070. The highest BCUT2D eigenvalue weighted by atomic mass is 16.5. The lowest BCUT2D eigenvalue weighted by Gasteiger charge is -2.23. The molecule has 2 aromatic carbocycles. The quantitative estimate of drug-likeness (QED) is 0.506. The zero-order valence-electron chi connectivity index (χ0n) is 19.3. The Morgan fingerprint density at radius 2 is 1.84 bits per heavy atom. The maximum Gasteiger partial charge on any atom is 0.251 e. The minimum atomic E-state index is -0.227.